The van der Waals surface area contributed by atoms with Gasteiger partial charge in [-0.25, -0.2) is 0 Å². The second kappa shape index (κ2) is 6.41. The van der Waals surface area contributed by atoms with E-state index in [1.807, 2.05) is 30.3 Å². The Hall–Kier alpha value is -2.12. The third kappa shape index (κ3) is 2.97. The first kappa shape index (κ1) is 15.4. The number of furan rings is 1. The Morgan fingerprint density at radius 3 is 2.75 bits per heavy atom. The monoisotopic (exact) mass is 329 g/mol. The number of aryl methyl sites for hydroxylation is 1. The highest BCUT2D eigenvalue weighted by atomic mass is 16.3. The van der Waals surface area contributed by atoms with Crippen LogP contribution in [0, 0.1) is 0 Å². The lowest BCUT2D eigenvalue weighted by atomic mass is 10.2. The number of aromatic nitrogens is 2. The van der Waals surface area contributed by atoms with E-state index in [1.54, 1.807) is 17.1 Å². The normalized spacial score (nSPS) is 23.3. The van der Waals surface area contributed by atoms with Crippen molar-refractivity contribution in [3.05, 3.63) is 36.5 Å². The molecule has 0 spiro atoms. The molecule has 7 nitrogen and oxygen atoms in total. The molecule has 128 valence electrons. The highest BCUT2D eigenvalue weighted by Crippen LogP contribution is 2.24. The topological polar surface area (TPSA) is 57.8 Å². The van der Waals surface area contributed by atoms with Gasteiger partial charge in [0.15, 0.2) is 0 Å². The zero-order chi connectivity index (χ0) is 16.5. The number of nitrogens with zero attached hydrogens (tertiary/aromatic N) is 5. The first-order chi connectivity index (χ1) is 11.7. The number of rotatable bonds is 4. The van der Waals surface area contributed by atoms with Gasteiger partial charge in [0.1, 0.15) is 5.76 Å². The SMILES string of the molecule is Cn1cc(N2CCC(N3CCN(Cc4ccco4)CC3)C2=O)cn1. The average molecular weight is 329 g/mol. The van der Waals surface area contributed by atoms with Gasteiger partial charge in [0.2, 0.25) is 5.91 Å². The van der Waals surface area contributed by atoms with E-state index in [2.05, 4.69) is 14.9 Å². The van der Waals surface area contributed by atoms with Crippen molar-refractivity contribution in [1.29, 1.82) is 0 Å². The lowest BCUT2D eigenvalue weighted by molar-refractivity contribution is -0.122. The molecule has 1 unspecified atom stereocenters. The molecule has 4 rings (SSSR count). The van der Waals surface area contributed by atoms with E-state index in [-0.39, 0.29) is 11.9 Å². The number of piperazine rings is 1. The van der Waals surface area contributed by atoms with Crippen LogP contribution in [-0.4, -0.2) is 64.3 Å². The zero-order valence-electron chi connectivity index (χ0n) is 14.0. The van der Waals surface area contributed by atoms with Gasteiger partial charge in [0.25, 0.3) is 0 Å². The van der Waals surface area contributed by atoms with Crippen LogP contribution in [0.2, 0.25) is 0 Å². The van der Waals surface area contributed by atoms with Gasteiger partial charge in [-0.15, -0.1) is 0 Å². The summed E-state index contributed by atoms with van der Waals surface area (Å²) in [7, 11) is 1.87. The minimum Gasteiger partial charge on any atom is -0.468 e. The Labute approximate surface area is 141 Å². The van der Waals surface area contributed by atoms with E-state index in [0.717, 1.165) is 57.1 Å². The molecule has 1 atom stereocenters. The van der Waals surface area contributed by atoms with E-state index in [1.165, 1.54) is 0 Å². The smallest absolute Gasteiger partial charge is 0.244 e. The molecular formula is C17H23N5O2. The van der Waals surface area contributed by atoms with Crippen LogP contribution in [-0.2, 0) is 18.4 Å². The number of carbonyl (C=O) groups is 1. The van der Waals surface area contributed by atoms with Crippen LogP contribution < -0.4 is 4.90 Å². The fourth-order valence-electron chi connectivity index (χ4n) is 3.66. The molecule has 0 saturated carbocycles. The van der Waals surface area contributed by atoms with Gasteiger partial charge in [-0.2, -0.15) is 5.10 Å². The predicted molar refractivity (Wildman–Crippen MR) is 89.5 cm³/mol. The molecule has 2 fully saturated rings. The largest absolute Gasteiger partial charge is 0.468 e. The highest BCUT2D eigenvalue weighted by Gasteiger charge is 2.38. The van der Waals surface area contributed by atoms with Crippen LogP contribution >= 0.6 is 0 Å². The molecule has 2 aromatic rings. The number of amides is 1. The van der Waals surface area contributed by atoms with Gasteiger partial charge >= 0.3 is 0 Å². The molecule has 2 aromatic heterocycles. The van der Waals surface area contributed by atoms with E-state index >= 15 is 0 Å². The summed E-state index contributed by atoms with van der Waals surface area (Å²) < 4.78 is 7.16. The van der Waals surface area contributed by atoms with Crippen molar-refractivity contribution in [2.45, 2.75) is 19.0 Å². The van der Waals surface area contributed by atoms with Crippen molar-refractivity contribution in [2.75, 3.05) is 37.6 Å². The predicted octanol–water partition coefficient (Wildman–Crippen LogP) is 0.936. The first-order valence-corrected chi connectivity index (χ1v) is 8.49. The quantitative estimate of drug-likeness (QED) is 0.835. The first-order valence-electron chi connectivity index (χ1n) is 8.49. The fourth-order valence-corrected chi connectivity index (χ4v) is 3.66. The van der Waals surface area contributed by atoms with Crippen LogP contribution in [0.3, 0.4) is 0 Å². The third-order valence-electron chi connectivity index (χ3n) is 4.99. The third-order valence-corrected chi connectivity index (χ3v) is 4.99. The summed E-state index contributed by atoms with van der Waals surface area (Å²) in [5.41, 5.74) is 0.904. The lowest BCUT2D eigenvalue weighted by Crippen LogP contribution is -2.52. The lowest BCUT2D eigenvalue weighted by Gasteiger charge is -2.36. The molecule has 2 aliphatic heterocycles. The summed E-state index contributed by atoms with van der Waals surface area (Å²) >= 11 is 0. The molecular weight excluding hydrogens is 306 g/mol. The van der Waals surface area contributed by atoms with Gasteiger partial charge in [-0.1, -0.05) is 0 Å². The number of hydrogen-bond donors (Lipinski definition) is 0. The number of carbonyl (C=O) groups excluding carboxylic acids is 1. The van der Waals surface area contributed by atoms with Gasteiger partial charge < -0.3 is 9.32 Å². The van der Waals surface area contributed by atoms with Gasteiger partial charge in [0.05, 0.1) is 30.7 Å². The van der Waals surface area contributed by atoms with Crippen molar-refractivity contribution in [1.82, 2.24) is 19.6 Å². The Morgan fingerprint density at radius 2 is 2.08 bits per heavy atom. The van der Waals surface area contributed by atoms with Gasteiger partial charge in [-0.3, -0.25) is 19.3 Å². The molecule has 0 radical (unpaired) electrons. The second-order valence-electron chi connectivity index (χ2n) is 6.56. The average Bonchev–Trinajstić information content (AvgIpc) is 3.30. The van der Waals surface area contributed by atoms with E-state index in [0.29, 0.717) is 0 Å². The molecule has 24 heavy (non-hydrogen) atoms. The van der Waals surface area contributed by atoms with Gasteiger partial charge in [0, 0.05) is 46.0 Å². The molecule has 2 aliphatic rings. The van der Waals surface area contributed by atoms with Crippen LogP contribution in [0.25, 0.3) is 0 Å². The molecule has 4 heterocycles. The minimum absolute atomic E-state index is 0.0102. The zero-order valence-corrected chi connectivity index (χ0v) is 14.0. The summed E-state index contributed by atoms with van der Waals surface area (Å²) in [4.78, 5) is 19.4. The van der Waals surface area contributed by atoms with Crippen LogP contribution in [0.1, 0.15) is 12.2 Å². The standard InChI is InChI=1S/C17H23N5O2/c1-19-12-14(11-18-19)22-5-4-16(17(22)23)21-8-6-20(7-9-21)13-15-3-2-10-24-15/h2-3,10-12,16H,4-9,13H2,1H3. The summed E-state index contributed by atoms with van der Waals surface area (Å²) in [5.74, 6) is 1.21. The number of anilines is 1. The van der Waals surface area contributed by atoms with E-state index < -0.39 is 0 Å². The molecule has 0 bridgehead atoms. The van der Waals surface area contributed by atoms with Crippen LogP contribution in [0.4, 0.5) is 5.69 Å². The van der Waals surface area contributed by atoms with Crippen molar-refractivity contribution in [2.24, 2.45) is 7.05 Å². The maximum Gasteiger partial charge on any atom is 0.244 e. The molecule has 2 saturated heterocycles. The molecule has 0 aliphatic carbocycles. The van der Waals surface area contributed by atoms with E-state index in [9.17, 15) is 4.79 Å². The summed E-state index contributed by atoms with van der Waals surface area (Å²) in [6, 6.07) is 3.95. The summed E-state index contributed by atoms with van der Waals surface area (Å²) in [5, 5.41) is 4.17. The van der Waals surface area contributed by atoms with Gasteiger partial charge in [-0.05, 0) is 18.6 Å². The Balaban J connectivity index is 1.33. The van der Waals surface area contributed by atoms with Crippen molar-refractivity contribution >= 4 is 11.6 Å². The summed E-state index contributed by atoms with van der Waals surface area (Å²) in [6.07, 6.45) is 6.28. The molecule has 0 N–H and O–H groups in total. The Morgan fingerprint density at radius 1 is 1.25 bits per heavy atom. The number of hydrogen-bond acceptors (Lipinski definition) is 5. The Kier molecular flexibility index (Phi) is 4.12. The second-order valence-corrected chi connectivity index (χ2v) is 6.56. The maximum absolute atomic E-state index is 12.8. The highest BCUT2D eigenvalue weighted by molar-refractivity contribution is 5.99. The van der Waals surface area contributed by atoms with Crippen molar-refractivity contribution < 1.29 is 9.21 Å². The van der Waals surface area contributed by atoms with Crippen molar-refractivity contribution in [3.63, 3.8) is 0 Å². The summed E-state index contributed by atoms with van der Waals surface area (Å²) in [6.45, 7) is 5.42. The van der Waals surface area contributed by atoms with E-state index in [4.69, 9.17) is 4.42 Å². The Bertz CT molecular complexity index is 688. The minimum atomic E-state index is 0.0102. The molecule has 1 amide bonds. The fraction of sp³-hybridized carbons (Fsp3) is 0.529. The molecule has 7 heteroatoms. The van der Waals surface area contributed by atoms with Crippen LogP contribution in [0.5, 0.6) is 0 Å². The van der Waals surface area contributed by atoms with Crippen molar-refractivity contribution in [3.8, 4) is 0 Å². The van der Waals surface area contributed by atoms with Crippen LogP contribution in [0.15, 0.2) is 35.2 Å². The molecule has 0 aromatic carbocycles. The maximum atomic E-state index is 12.8.